The number of nitro benzene ring substituents is 1. The van der Waals surface area contributed by atoms with Gasteiger partial charge in [0.2, 0.25) is 11.6 Å². The van der Waals surface area contributed by atoms with Crippen molar-refractivity contribution in [3.63, 3.8) is 0 Å². The third-order valence-electron chi connectivity index (χ3n) is 2.56. The molecular weight excluding hydrogens is 246 g/mol. The zero-order chi connectivity index (χ0) is 13.8. The summed E-state index contributed by atoms with van der Waals surface area (Å²) in [4.78, 5) is 33.9. The number of nitrogens with zero attached hydrogens (tertiary/aromatic N) is 1. The second kappa shape index (κ2) is 5.22. The number of carbonyl (C=O) groups excluding carboxylic acids is 2. The first-order valence-electron chi connectivity index (χ1n) is 5.48. The van der Waals surface area contributed by atoms with Gasteiger partial charge in [0.25, 0.3) is 5.69 Å². The zero-order valence-corrected chi connectivity index (χ0v) is 9.78. The minimum Gasteiger partial charge on any atom is -0.285 e. The molecule has 0 atom stereocenters. The Morgan fingerprint density at radius 3 is 2.05 bits per heavy atom. The average Bonchev–Trinajstić information content (AvgIpc) is 2.46. The van der Waals surface area contributed by atoms with Crippen LogP contribution in [-0.2, 0) is 0 Å². The lowest BCUT2D eigenvalue weighted by atomic mass is 10.0. The summed E-state index contributed by atoms with van der Waals surface area (Å²) in [5.41, 5.74) is 0.0637. The van der Waals surface area contributed by atoms with Gasteiger partial charge in [-0.1, -0.05) is 42.5 Å². The Balaban J connectivity index is 2.32. The van der Waals surface area contributed by atoms with Crippen molar-refractivity contribution in [2.45, 2.75) is 0 Å². The van der Waals surface area contributed by atoms with Gasteiger partial charge in [0.1, 0.15) is 0 Å². The summed E-state index contributed by atoms with van der Waals surface area (Å²) in [5, 5.41) is 10.6. The van der Waals surface area contributed by atoms with Crippen LogP contribution in [0.3, 0.4) is 0 Å². The first-order valence-corrected chi connectivity index (χ1v) is 5.48. The van der Waals surface area contributed by atoms with Gasteiger partial charge in [-0.3, -0.25) is 19.7 Å². The summed E-state index contributed by atoms with van der Waals surface area (Å²) >= 11 is 0. The summed E-state index contributed by atoms with van der Waals surface area (Å²) in [6.45, 7) is 0. The van der Waals surface area contributed by atoms with Crippen LogP contribution in [0.2, 0.25) is 0 Å². The number of hydrogen-bond donors (Lipinski definition) is 0. The fourth-order valence-corrected chi connectivity index (χ4v) is 1.61. The Bertz CT molecular complexity index is 650. The van der Waals surface area contributed by atoms with E-state index in [2.05, 4.69) is 0 Å². The minimum absolute atomic E-state index is 0.0167. The van der Waals surface area contributed by atoms with E-state index in [9.17, 15) is 19.7 Å². The molecule has 0 spiro atoms. The Morgan fingerprint density at radius 1 is 0.842 bits per heavy atom. The highest BCUT2D eigenvalue weighted by atomic mass is 16.6. The van der Waals surface area contributed by atoms with Gasteiger partial charge < -0.3 is 0 Å². The second-order valence-corrected chi connectivity index (χ2v) is 3.83. The van der Waals surface area contributed by atoms with E-state index in [0.29, 0.717) is 0 Å². The molecule has 94 valence electrons. The van der Waals surface area contributed by atoms with Crippen LogP contribution in [0.15, 0.2) is 54.6 Å². The van der Waals surface area contributed by atoms with Gasteiger partial charge in [0, 0.05) is 23.3 Å². The van der Waals surface area contributed by atoms with Crippen LogP contribution < -0.4 is 0 Å². The lowest BCUT2D eigenvalue weighted by molar-refractivity contribution is -0.384. The van der Waals surface area contributed by atoms with E-state index in [1.165, 1.54) is 30.3 Å². The molecule has 2 rings (SSSR count). The number of Topliss-reactive ketones (excluding diaryl/α,β-unsaturated/α-hetero) is 2. The van der Waals surface area contributed by atoms with E-state index in [0.717, 1.165) is 6.07 Å². The van der Waals surface area contributed by atoms with Crippen molar-refractivity contribution < 1.29 is 14.5 Å². The Hall–Kier alpha value is -2.82. The lowest BCUT2D eigenvalue weighted by Crippen LogP contribution is -2.14. The molecule has 19 heavy (non-hydrogen) atoms. The van der Waals surface area contributed by atoms with Gasteiger partial charge in [0.05, 0.1) is 4.92 Å². The molecule has 0 bridgehead atoms. The molecular formula is C14H9NO4. The third-order valence-corrected chi connectivity index (χ3v) is 2.56. The molecule has 0 aliphatic rings. The highest BCUT2D eigenvalue weighted by molar-refractivity contribution is 6.49. The maximum Gasteiger partial charge on any atom is 0.270 e. The van der Waals surface area contributed by atoms with Crippen LogP contribution in [0.4, 0.5) is 5.69 Å². The van der Waals surface area contributed by atoms with Crippen LogP contribution in [0, 0.1) is 10.1 Å². The van der Waals surface area contributed by atoms with Crippen LogP contribution in [0.25, 0.3) is 0 Å². The molecule has 0 radical (unpaired) electrons. The van der Waals surface area contributed by atoms with Crippen molar-refractivity contribution in [2.75, 3.05) is 0 Å². The number of carbonyl (C=O) groups is 2. The topological polar surface area (TPSA) is 77.3 Å². The lowest BCUT2D eigenvalue weighted by Gasteiger charge is -2.00. The standard InChI is InChI=1S/C14H9NO4/c16-13(10-5-2-1-3-6-10)14(17)11-7-4-8-12(9-11)15(18)19/h1-9H. The zero-order valence-electron chi connectivity index (χ0n) is 9.78. The molecule has 0 saturated carbocycles. The quantitative estimate of drug-likeness (QED) is 0.364. The molecule has 5 heteroatoms. The van der Waals surface area contributed by atoms with E-state index < -0.39 is 16.5 Å². The molecule has 0 saturated heterocycles. The van der Waals surface area contributed by atoms with E-state index in [1.54, 1.807) is 18.2 Å². The van der Waals surface area contributed by atoms with Gasteiger partial charge >= 0.3 is 0 Å². The van der Waals surface area contributed by atoms with Gasteiger partial charge in [-0.15, -0.1) is 0 Å². The predicted octanol–water partition coefficient (Wildman–Crippen LogP) is 2.66. The SMILES string of the molecule is O=C(C(=O)c1cccc([N+](=O)[O-])c1)c1ccccc1. The molecule has 0 aromatic heterocycles. The highest BCUT2D eigenvalue weighted by Crippen LogP contribution is 2.15. The molecule has 2 aromatic rings. The summed E-state index contributed by atoms with van der Waals surface area (Å²) in [6, 6.07) is 13.2. The summed E-state index contributed by atoms with van der Waals surface area (Å²) < 4.78 is 0. The Kier molecular flexibility index (Phi) is 3.47. The number of ketones is 2. The predicted molar refractivity (Wildman–Crippen MR) is 68.2 cm³/mol. The largest absolute Gasteiger partial charge is 0.285 e. The smallest absolute Gasteiger partial charge is 0.270 e. The number of non-ortho nitro benzene ring substituents is 1. The molecule has 0 aliphatic heterocycles. The van der Waals surface area contributed by atoms with Gasteiger partial charge in [-0.05, 0) is 0 Å². The monoisotopic (exact) mass is 255 g/mol. The Morgan fingerprint density at radius 2 is 1.42 bits per heavy atom. The first kappa shape index (κ1) is 12.6. The van der Waals surface area contributed by atoms with Crippen molar-refractivity contribution in [2.24, 2.45) is 0 Å². The normalized spacial score (nSPS) is 9.89. The maximum atomic E-state index is 11.9. The number of hydrogen-bond acceptors (Lipinski definition) is 4. The molecule has 0 N–H and O–H groups in total. The maximum absolute atomic E-state index is 11.9. The van der Waals surface area contributed by atoms with Crippen molar-refractivity contribution in [1.82, 2.24) is 0 Å². The van der Waals surface area contributed by atoms with E-state index in [4.69, 9.17) is 0 Å². The number of benzene rings is 2. The fourth-order valence-electron chi connectivity index (χ4n) is 1.61. The molecule has 2 aromatic carbocycles. The van der Waals surface area contributed by atoms with Crippen LogP contribution >= 0.6 is 0 Å². The fraction of sp³-hybridized carbons (Fsp3) is 0. The van der Waals surface area contributed by atoms with E-state index in [1.807, 2.05) is 0 Å². The highest BCUT2D eigenvalue weighted by Gasteiger charge is 2.19. The van der Waals surface area contributed by atoms with Crippen LogP contribution in [0.1, 0.15) is 20.7 Å². The van der Waals surface area contributed by atoms with Crippen molar-refractivity contribution in [3.8, 4) is 0 Å². The Labute approximate surface area is 108 Å². The number of nitro groups is 1. The summed E-state index contributed by atoms with van der Waals surface area (Å²) in [6.07, 6.45) is 0. The molecule has 0 amide bonds. The van der Waals surface area contributed by atoms with Gasteiger partial charge in [-0.2, -0.15) is 0 Å². The van der Waals surface area contributed by atoms with E-state index >= 15 is 0 Å². The van der Waals surface area contributed by atoms with Crippen molar-refractivity contribution >= 4 is 17.3 Å². The van der Waals surface area contributed by atoms with Crippen molar-refractivity contribution in [1.29, 1.82) is 0 Å². The average molecular weight is 255 g/mol. The van der Waals surface area contributed by atoms with Gasteiger partial charge in [0.15, 0.2) is 0 Å². The van der Waals surface area contributed by atoms with Gasteiger partial charge in [-0.25, -0.2) is 0 Å². The molecule has 5 nitrogen and oxygen atoms in total. The molecule has 0 aliphatic carbocycles. The van der Waals surface area contributed by atoms with E-state index in [-0.39, 0.29) is 16.8 Å². The van der Waals surface area contributed by atoms with Crippen LogP contribution in [0.5, 0.6) is 0 Å². The minimum atomic E-state index is -0.755. The van der Waals surface area contributed by atoms with Crippen molar-refractivity contribution in [3.05, 3.63) is 75.8 Å². The molecule has 0 unspecified atom stereocenters. The second-order valence-electron chi connectivity index (χ2n) is 3.83. The summed E-state index contributed by atoms with van der Waals surface area (Å²) in [7, 11) is 0. The molecule has 0 heterocycles. The molecule has 0 fully saturated rings. The number of rotatable bonds is 4. The summed E-state index contributed by atoms with van der Waals surface area (Å²) in [5.74, 6) is -1.43. The first-order chi connectivity index (χ1) is 9.09. The van der Waals surface area contributed by atoms with Crippen LogP contribution in [-0.4, -0.2) is 16.5 Å². The third kappa shape index (κ3) is 2.71.